The molecule has 22 heavy (non-hydrogen) atoms. The zero-order valence-corrected chi connectivity index (χ0v) is 11.5. The Morgan fingerprint density at radius 2 is 1.86 bits per heavy atom. The quantitative estimate of drug-likeness (QED) is 0.742. The molecule has 3 rings (SSSR count). The molecular formula is C17H11FN4. The molecule has 0 N–H and O–H groups in total. The van der Waals surface area contributed by atoms with Crippen LogP contribution in [0, 0.1) is 17.1 Å². The van der Waals surface area contributed by atoms with E-state index in [-0.39, 0.29) is 11.5 Å². The van der Waals surface area contributed by atoms with Crippen LogP contribution >= 0.6 is 0 Å². The van der Waals surface area contributed by atoms with E-state index in [0.717, 1.165) is 5.56 Å². The summed E-state index contributed by atoms with van der Waals surface area (Å²) in [7, 11) is 0. The molecule has 4 nitrogen and oxygen atoms in total. The number of aromatic nitrogens is 3. The highest BCUT2D eigenvalue weighted by atomic mass is 19.1. The van der Waals surface area contributed by atoms with Gasteiger partial charge in [0.05, 0.1) is 5.69 Å². The summed E-state index contributed by atoms with van der Waals surface area (Å²) in [6.45, 7) is 0. The number of nitrogens with zero attached hydrogens (tertiary/aromatic N) is 4. The van der Waals surface area contributed by atoms with Crippen molar-refractivity contribution >= 4 is 12.2 Å². The number of rotatable bonds is 3. The lowest BCUT2D eigenvalue weighted by Gasteiger charge is -2.03. The molecule has 0 aliphatic rings. The van der Waals surface area contributed by atoms with Crippen LogP contribution in [0.25, 0.3) is 17.8 Å². The number of halogens is 1. The van der Waals surface area contributed by atoms with Gasteiger partial charge in [-0.15, -0.1) is 5.10 Å². The van der Waals surface area contributed by atoms with Gasteiger partial charge >= 0.3 is 0 Å². The summed E-state index contributed by atoms with van der Waals surface area (Å²) in [4.78, 5) is 0. The summed E-state index contributed by atoms with van der Waals surface area (Å²) in [6.07, 6.45) is 3.61. The van der Waals surface area contributed by atoms with E-state index in [2.05, 4.69) is 10.3 Å². The highest BCUT2D eigenvalue weighted by Crippen LogP contribution is 2.16. The molecule has 1 heterocycles. The Balaban J connectivity index is 2.05. The Hall–Kier alpha value is -3.26. The Morgan fingerprint density at radius 3 is 2.59 bits per heavy atom. The van der Waals surface area contributed by atoms with Crippen molar-refractivity contribution in [2.75, 3.05) is 0 Å². The molecule has 0 aliphatic heterocycles. The molecule has 2 aromatic carbocycles. The summed E-state index contributed by atoms with van der Waals surface area (Å²) in [6, 6.07) is 17.6. The van der Waals surface area contributed by atoms with Crippen LogP contribution in [0.4, 0.5) is 4.39 Å². The molecule has 1 aromatic heterocycles. The average molecular weight is 290 g/mol. The van der Waals surface area contributed by atoms with Crippen LogP contribution in [0.5, 0.6) is 0 Å². The van der Waals surface area contributed by atoms with E-state index in [4.69, 9.17) is 5.26 Å². The lowest BCUT2D eigenvalue weighted by Crippen LogP contribution is -1.99. The minimum absolute atomic E-state index is 0.191. The maximum atomic E-state index is 13.4. The van der Waals surface area contributed by atoms with Crippen molar-refractivity contribution < 1.29 is 4.39 Å². The molecular weight excluding hydrogens is 279 g/mol. The second-order valence-electron chi connectivity index (χ2n) is 4.57. The largest absolute Gasteiger partial charge is 0.212 e. The summed E-state index contributed by atoms with van der Waals surface area (Å²) >= 11 is 0. The van der Waals surface area contributed by atoms with Gasteiger partial charge in [-0.25, -0.2) is 9.07 Å². The molecule has 0 saturated heterocycles. The Labute approximate surface area is 126 Å². The van der Waals surface area contributed by atoms with Crippen molar-refractivity contribution in [3.05, 3.63) is 77.4 Å². The Bertz CT molecular complexity index is 860. The zero-order valence-electron chi connectivity index (χ0n) is 11.5. The molecule has 0 amide bonds. The van der Waals surface area contributed by atoms with Crippen LogP contribution in [0.3, 0.4) is 0 Å². The molecule has 0 unspecified atom stereocenters. The van der Waals surface area contributed by atoms with Gasteiger partial charge in [0.25, 0.3) is 0 Å². The van der Waals surface area contributed by atoms with E-state index in [1.165, 1.54) is 16.8 Å². The highest BCUT2D eigenvalue weighted by molar-refractivity contribution is 5.70. The van der Waals surface area contributed by atoms with Crippen molar-refractivity contribution in [1.29, 1.82) is 5.26 Å². The van der Waals surface area contributed by atoms with Gasteiger partial charge in [-0.05, 0) is 29.8 Å². The fourth-order valence-electron chi connectivity index (χ4n) is 2.06. The van der Waals surface area contributed by atoms with E-state index < -0.39 is 0 Å². The van der Waals surface area contributed by atoms with E-state index >= 15 is 0 Å². The van der Waals surface area contributed by atoms with Gasteiger partial charge in [0.15, 0.2) is 5.69 Å². The maximum absolute atomic E-state index is 13.4. The average Bonchev–Trinajstić information content (AvgIpc) is 2.97. The predicted molar refractivity (Wildman–Crippen MR) is 81.4 cm³/mol. The smallest absolute Gasteiger partial charge is 0.190 e. The van der Waals surface area contributed by atoms with Gasteiger partial charge in [0, 0.05) is 0 Å². The number of nitriles is 1. The van der Waals surface area contributed by atoms with Crippen LogP contribution in [-0.4, -0.2) is 15.0 Å². The molecule has 0 aliphatic carbocycles. The summed E-state index contributed by atoms with van der Waals surface area (Å²) in [5.74, 6) is -0.371. The van der Waals surface area contributed by atoms with Gasteiger partial charge in [-0.3, -0.25) is 0 Å². The molecule has 0 fully saturated rings. The fraction of sp³-hybridized carbons (Fsp3) is 0. The third-order valence-electron chi connectivity index (χ3n) is 3.10. The van der Waals surface area contributed by atoms with Crippen LogP contribution in [-0.2, 0) is 0 Å². The van der Waals surface area contributed by atoms with Crippen LogP contribution < -0.4 is 0 Å². The van der Waals surface area contributed by atoms with Crippen molar-refractivity contribution in [2.24, 2.45) is 0 Å². The first-order valence-corrected chi connectivity index (χ1v) is 6.63. The molecule has 5 heteroatoms. The third-order valence-corrected chi connectivity index (χ3v) is 3.10. The van der Waals surface area contributed by atoms with Gasteiger partial charge < -0.3 is 0 Å². The van der Waals surface area contributed by atoms with Gasteiger partial charge in [-0.1, -0.05) is 47.7 Å². The monoisotopic (exact) mass is 290 g/mol. The van der Waals surface area contributed by atoms with Crippen LogP contribution in [0.15, 0.2) is 54.6 Å². The minimum Gasteiger partial charge on any atom is -0.212 e. The Kier molecular flexibility index (Phi) is 3.75. The number of benzene rings is 2. The first-order valence-electron chi connectivity index (χ1n) is 6.63. The molecule has 0 spiro atoms. The molecule has 106 valence electrons. The minimum atomic E-state index is -0.371. The van der Waals surface area contributed by atoms with E-state index in [0.29, 0.717) is 11.4 Å². The lowest BCUT2D eigenvalue weighted by molar-refractivity contribution is 0.624. The molecule has 3 aromatic rings. The van der Waals surface area contributed by atoms with Gasteiger partial charge in [0.1, 0.15) is 17.6 Å². The zero-order chi connectivity index (χ0) is 15.4. The standard InChI is InChI=1S/C17H11FN4/c18-14-7-4-8-15(11-14)22-17(16(12-19)20-21-22)10-9-13-5-2-1-3-6-13/h1-11H/b10-9+. The molecule has 0 saturated carbocycles. The highest BCUT2D eigenvalue weighted by Gasteiger charge is 2.11. The normalized spacial score (nSPS) is 10.7. The van der Waals surface area contributed by atoms with Crippen LogP contribution in [0.2, 0.25) is 0 Å². The van der Waals surface area contributed by atoms with Crippen molar-refractivity contribution in [3.63, 3.8) is 0 Å². The molecule has 0 atom stereocenters. The first-order chi connectivity index (χ1) is 10.8. The second kappa shape index (κ2) is 6.02. The van der Waals surface area contributed by atoms with E-state index in [1.54, 1.807) is 18.2 Å². The maximum Gasteiger partial charge on any atom is 0.190 e. The topological polar surface area (TPSA) is 54.5 Å². The first kappa shape index (κ1) is 13.7. The van der Waals surface area contributed by atoms with Crippen LogP contribution in [0.1, 0.15) is 17.0 Å². The summed E-state index contributed by atoms with van der Waals surface area (Å²) in [5.41, 5.74) is 2.20. The predicted octanol–water partition coefficient (Wildman–Crippen LogP) is 3.45. The second-order valence-corrected chi connectivity index (χ2v) is 4.57. The van der Waals surface area contributed by atoms with E-state index in [1.807, 2.05) is 42.5 Å². The van der Waals surface area contributed by atoms with Gasteiger partial charge in [-0.2, -0.15) is 5.26 Å². The van der Waals surface area contributed by atoms with Crippen molar-refractivity contribution in [1.82, 2.24) is 15.0 Å². The summed E-state index contributed by atoms with van der Waals surface area (Å²) < 4.78 is 14.8. The SMILES string of the molecule is N#Cc1nnn(-c2cccc(F)c2)c1/C=C/c1ccccc1. The third kappa shape index (κ3) is 2.76. The fourth-order valence-corrected chi connectivity index (χ4v) is 2.06. The number of hydrogen-bond donors (Lipinski definition) is 0. The molecule has 0 radical (unpaired) electrons. The van der Waals surface area contributed by atoms with Crippen molar-refractivity contribution in [2.45, 2.75) is 0 Å². The summed E-state index contributed by atoms with van der Waals surface area (Å²) in [5, 5.41) is 16.9. The molecule has 0 bridgehead atoms. The van der Waals surface area contributed by atoms with Gasteiger partial charge in [0.2, 0.25) is 0 Å². The van der Waals surface area contributed by atoms with Crippen molar-refractivity contribution in [3.8, 4) is 11.8 Å². The Morgan fingerprint density at radius 1 is 1.05 bits per heavy atom. The number of hydrogen-bond acceptors (Lipinski definition) is 3. The lowest BCUT2D eigenvalue weighted by atomic mass is 10.2. The van der Waals surface area contributed by atoms with E-state index in [9.17, 15) is 4.39 Å².